The van der Waals surface area contributed by atoms with Gasteiger partial charge >= 0.3 is 13.2 Å². The van der Waals surface area contributed by atoms with Gasteiger partial charge in [0.05, 0.1) is 6.04 Å². The van der Waals surface area contributed by atoms with E-state index >= 15 is 0 Å². The normalized spacial score (nSPS) is 12.4. The van der Waals surface area contributed by atoms with Crippen molar-refractivity contribution in [1.82, 2.24) is 10.3 Å². The second-order valence-electron chi connectivity index (χ2n) is 5.31. The van der Waals surface area contributed by atoms with Crippen molar-refractivity contribution < 1.29 is 31.8 Å². The highest BCUT2D eigenvalue weighted by atomic mass is 19.3. The van der Waals surface area contributed by atoms with Crippen LogP contribution in [0.15, 0.2) is 48.8 Å². The maximum atomic E-state index is 12.5. The number of carbonyl (C=O) groups is 1. The molecule has 27 heavy (non-hydrogen) atoms. The molecule has 0 radical (unpaired) electrons. The molecule has 1 heterocycles. The smallest absolute Gasteiger partial charge is 0.387 e. The number of rotatable bonds is 8. The van der Waals surface area contributed by atoms with E-state index in [1.54, 1.807) is 31.5 Å². The number of nitrogens with one attached hydrogen (secondary N) is 1. The fourth-order valence-corrected chi connectivity index (χ4v) is 2.17. The second-order valence-corrected chi connectivity index (χ2v) is 5.31. The van der Waals surface area contributed by atoms with Gasteiger partial charge in [-0.15, -0.1) is 0 Å². The summed E-state index contributed by atoms with van der Waals surface area (Å²) in [7, 11) is 0. The minimum Gasteiger partial charge on any atom is -0.435 e. The summed E-state index contributed by atoms with van der Waals surface area (Å²) in [6.07, 6.45) is 5.55. The minimum absolute atomic E-state index is 0.0982. The number of alkyl halides is 4. The molecule has 0 aliphatic rings. The van der Waals surface area contributed by atoms with Gasteiger partial charge in [-0.2, -0.15) is 17.6 Å². The van der Waals surface area contributed by atoms with E-state index in [-0.39, 0.29) is 17.4 Å². The Kier molecular flexibility index (Phi) is 7.16. The number of pyridine rings is 1. The number of ether oxygens (including phenoxy) is 2. The Balaban J connectivity index is 2.10. The zero-order chi connectivity index (χ0) is 19.8. The Labute approximate surface area is 152 Å². The molecule has 1 unspecified atom stereocenters. The number of hydrogen-bond acceptors (Lipinski definition) is 4. The lowest BCUT2D eigenvalue weighted by Gasteiger charge is -2.13. The Morgan fingerprint density at radius 1 is 1.15 bits per heavy atom. The van der Waals surface area contributed by atoms with E-state index in [2.05, 4.69) is 19.8 Å². The van der Waals surface area contributed by atoms with Crippen molar-refractivity contribution in [3.8, 4) is 11.5 Å². The molecule has 0 spiro atoms. The Bertz CT molecular complexity index is 785. The van der Waals surface area contributed by atoms with E-state index in [9.17, 15) is 22.4 Å². The fourth-order valence-electron chi connectivity index (χ4n) is 2.17. The van der Waals surface area contributed by atoms with Crippen molar-refractivity contribution in [1.29, 1.82) is 0 Å². The number of benzene rings is 1. The maximum Gasteiger partial charge on any atom is 0.387 e. The van der Waals surface area contributed by atoms with Gasteiger partial charge in [-0.25, -0.2) is 0 Å². The number of halogens is 4. The lowest BCUT2D eigenvalue weighted by atomic mass is 10.1. The van der Waals surface area contributed by atoms with Crippen LogP contribution in [0.1, 0.15) is 24.1 Å². The van der Waals surface area contributed by atoms with E-state index in [1.165, 1.54) is 12.1 Å². The van der Waals surface area contributed by atoms with Crippen LogP contribution in [-0.4, -0.2) is 24.1 Å². The molecule has 0 saturated carbocycles. The first-order valence-corrected chi connectivity index (χ1v) is 7.77. The summed E-state index contributed by atoms with van der Waals surface area (Å²) in [5.41, 5.74) is 0.885. The zero-order valence-electron chi connectivity index (χ0n) is 14.1. The van der Waals surface area contributed by atoms with Crippen molar-refractivity contribution in [3.05, 3.63) is 59.9 Å². The molecule has 144 valence electrons. The third kappa shape index (κ3) is 6.61. The highest BCUT2D eigenvalue weighted by Gasteiger charge is 2.13. The zero-order valence-corrected chi connectivity index (χ0v) is 14.1. The largest absolute Gasteiger partial charge is 0.435 e. The molecule has 0 aliphatic heterocycles. The summed E-state index contributed by atoms with van der Waals surface area (Å²) in [5, 5.41) is 2.69. The minimum atomic E-state index is -3.17. The van der Waals surface area contributed by atoms with E-state index in [4.69, 9.17) is 0 Å². The molecule has 0 fully saturated rings. The molecular weight excluding hydrogens is 368 g/mol. The first kappa shape index (κ1) is 20.2. The molecule has 1 N–H and O–H groups in total. The van der Waals surface area contributed by atoms with Crippen LogP contribution in [0.3, 0.4) is 0 Å². The summed E-state index contributed by atoms with van der Waals surface area (Å²) in [6.45, 7) is -4.52. The summed E-state index contributed by atoms with van der Waals surface area (Å²) in [6, 6.07) is 6.47. The van der Waals surface area contributed by atoms with E-state index in [1.807, 2.05) is 0 Å². The van der Waals surface area contributed by atoms with E-state index < -0.39 is 24.9 Å². The molecule has 1 aromatic heterocycles. The van der Waals surface area contributed by atoms with Gasteiger partial charge in [0.1, 0.15) is 11.5 Å². The van der Waals surface area contributed by atoms with Gasteiger partial charge < -0.3 is 14.8 Å². The van der Waals surface area contributed by atoms with Crippen LogP contribution in [0.2, 0.25) is 0 Å². The average molecular weight is 384 g/mol. The molecule has 5 nitrogen and oxygen atoms in total. The molecule has 1 atom stereocenters. The molecule has 2 rings (SSSR count). The third-order valence-corrected chi connectivity index (χ3v) is 3.38. The quantitative estimate of drug-likeness (QED) is 0.548. The molecule has 2 aromatic rings. The predicted octanol–water partition coefficient (Wildman–Crippen LogP) is 4.18. The molecule has 0 saturated heterocycles. The van der Waals surface area contributed by atoms with E-state index in [0.717, 1.165) is 23.8 Å². The third-order valence-electron chi connectivity index (χ3n) is 3.38. The molecule has 9 heteroatoms. The Morgan fingerprint density at radius 3 is 2.52 bits per heavy atom. The first-order chi connectivity index (χ1) is 12.8. The van der Waals surface area contributed by atoms with Gasteiger partial charge in [0, 0.05) is 30.1 Å². The molecule has 1 amide bonds. The van der Waals surface area contributed by atoms with Crippen LogP contribution < -0.4 is 14.8 Å². The maximum absolute atomic E-state index is 12.5. The number of nitrogens with zero attached hydrogens (tertiary/aromatic N) is 1. The van der Waals surface area contributed by atoms with E-state index in [0.29, 0.717) is 0 Å². The van der Waals surface area contributed by atoms with Crippen LogP contribution in [0.5, 0.6) is 11.5 Å². The number of carbonyl (C=O) groups excluding carboxylic acids is 1. The number of amides is 1. The highest BCUT2D eigenvalue weighted by Crippen LogP contribution is 2.28. The summed E-state index contributed by atoms with van der Waals surface area (Å²) in [4.78, 5) is 16.0. The lowest BCUT2D eigenvalue weighted by Crippen LogP contribution is -2.24. The van der Waals surface area contributed by atoms with Crippen molar-refractivity contribution in [2.45, 2.75) is 26.2 Å². The molecule has 0 aliphatic carbocycles. The van der Waals surface area contributed by atoms with Crippen LogP contribution in [0, 0.1) is 0 Å². The van der Waals surface area contributed by atoms with Crippen LogP contribution >= 0.6 is 0 Å². The monoisotopic (exact) mass is 384 g/mol. The van der Waals surface area contributed by atoms with Gasteiger partial charge in [0.2, 0.25) is 5.91 Å². The second kappa shape index (κ2) is 9.56. The van der Waals surface area contributed by atoms with Crippen molar-refractivity contribution in [2.24, 2.45) is 0 Å². The van der Waals surface area contributed by atoms with Crippen molar-refractivity contribution in [2.75, 3.05) is 0 Å². The van der Waals surface area contributed by atoms with Crippen LogP contribution in [-0.2, 0) is 4.79 Å². The van der Waals surface area contributed by atoms with Crippen LogP contribution in [0.25, 0.3) is 6.08 Å². The molecule has 0 bridgehead atoms. The molecular formula is C18H16F4N2O3. The first-order valence-electron chi connectivity index (χ1n) is 7.77. The van der Waals surface area contributed by atoms with Gasteiger partial charge in [-0.1, -0.05) is 6.07 Å². The van der Waals surface area contributed by atoms with Gasteiger partial charge in [0.15, 0.2) is 0 Å². The average Bonchev–Trinajstić information content (AvgIpc) is 2.60. The highest BCUT2D eigenvalue weighted by molar-refractivity contribution is 5.92. The fraction of sp³-hybridized carbons (Fsp3) is 0.222. The Morgan fingerprint density at radius 2 is 1.89 bits per heavy atom. The molecule has 1 aromatic carbocycles. The van der Waals surface area contributed by atoms with Gasteiger partial charge in [0.25, 0.3) is 0 Å². The standard InChI is InChI=1S/C18H16F4N2O3/c1-11(13-3-2-8-23-10-13)24-16(25)7-5-12-4-6-14(26-17(19)20)9-15(12)27-18(21)22/h2-11,17-18H,1H3,(H,24,25)/b7-5+. The van der Waals surface area contributed by atoms with Crippen molar-refractivity contribution >= 4 is 12.0 Å². The number of aromatic nitrogens is 1. The number of hydrogen-bond donors (Lipinski definition) is 1. The van der Waals surface area contributed by atoms with Crippen molar-refractivity contribution in [3.63, 3.8) is 0 Å². The lowest BCUT2D eigenvalue weighted by molar-refractivity contribution is -0.117. The van der Waals surface area contributed by atoms with Gasteiger partial charge in [-0.05, 0) is 36.8 Å². The predicted molar refractivity (Wildman–Crippen MR) is 89.5 cm³/mol. The van der Waals surface area contributed by atoms with Crippen LogP contribution in [0.4, 0.5) is 17.6 Å². The topological polar surface area (TPSA) is 60.5 Å². The summed E-state index contributed by atoms with van der Waals surface area (Å²) >= 11 is 0. The summed E-state index contributed by atoms with van der Waals surface area (Å²) in [5.74, 6) is -1.22. The Hall–Kier alpha value is -3.10. The van der Waals surface area contributed by atoms with Gasteiger partial charge in [-0.3, -0.25) is 9.78 Å². The summed E-state index contributed by atoms with van der Waals surface area (Å²) < 4.78 is 58.0. The SMILES string of the molecule is CC(NC(=O)/C=C/c1ccc(OC(F)F)cc1OC(F)F)c1cccnc1.